The van der Waals surface area contributed by atoms with Crippen LogP contribution in [-0.2, 0) is 0 Å². The third-order valence-corrected chi connectivity index (χ3v) is 11.7. The Morgan fingerprint density at radius 3 is 1.35 bits per heavy atom. The van der Waals surface area contributed by atoms with Crippen molar-refractivity contribution in [3.05, 3.63) is 212 Å². The lowest BCUT2D eigenvalue weighted by Gasteiger charge is -2.26. The van der Waals surface area contributed by atoms with E-state index in [-0.39, 0.29) is 0 Å². The van der Waals surface area contributed by atoms with Gasteiger partial charge in [0.25, 0.3) is 0 Å². The summed E-state index contributed by atoms with van der Waals surface area (Å²) >= 11 is 1.89. The second kappa shape index (κ2) is 13.7. The van der Waals surface area contributed by atoms with E-state index in [1.165, 1.54) is 75.5 Å². The summed E-state index contributed by atoms with van der Waals surface area (Å²) in [7, 11) is 0. The summed E-state index contributed by atoms with van der Waals surface area (Å²) in [6.45, 7) is 0. The predicted octanol–water partition coefficient (Wildman–Crippen LogP) is 15.3. The largest absolute Gasteiger partial charge is 0.311 e. The molecule has 1 aromatic heterocycles. The molecule has 0 N–H and O–H groups in total. The van der Waals surface area contributed by atoms with Gasteiger partial charge >= 0.3 is 0 Å². The van der Waals surface area contributed by atoms with Crippen molar-refractivity contribution >= 4 is 59.3 Å². The minimum absolute atomic E-state index is 1.11. The van der Waals surface area contributed by atoms with Gasteiger partial charge in [-0.2, -0.15) is 0 Å². The van der Waals surface area contributed by atoms with Crippen molar-refractivity contribution in [2.45, 2.75) is 0 Å². The van der Waals surface area contributed by atoms with Crippen molar-refractivity contribution in [3.63, 3.8) is 0 Å². The van der Waals surface area contributed by atoms with Crippen LogP contribution < -0.4 is 4.90 Å². The smallest absolute Gasteiger partial charge is 0.0462 e. The average Bonchev–Trinajstić information content (AvgIpc) is 3.63. The highest BCUT2D eigenvalue weighted by Crippen LogP contribution is 2.44. The Balaban J connectivity index is 1.07. The molecule has 1 nitrogen and oxygen atoms in total. The molecule has 10 aromatic rings. The van der Waals surface area contributed by atoms with Crippen LogP contribution in [0.1, 0.15) is 0 Å². The topological polar surface area (TPSA) is 3.24 Å². The van der Waals surface area contributed by atoms with Crippen LogP contribution in [0, 0.1) is 0 Å². The van der Waals surface area contributed by atoms with E-state index in [2.05, 4.69) is 217 Å². The Labute approximate surface area is 319 Å². The first-order chi connectivity index (χ1) is 26.7. The molecule has 9 aromatic carbocycles. The summed E-state index contributed by atoms with van der Waals surface area (Å²) in [6, 6.07) is 77.1. The molecule has 0 bridgehead atoms. The summed E-state index contributed by atoms with van der Waals surface area (Å²) in [5, 5.41) is 5.13. The third kappa shape index (κ3) is 5.93. The molecular weight excluding hydrogens is 671 g/mol. The van der Waals surface area contributed by atoms with Crippen molar-refractivity contribution in [2.75, 3.05) is 4.90 Å². The van der Waals surface area contributed by atoms with Gasteiger partial charge in [0.15, 0.2) is 0 Å². The summed E-state index contributed by atoms with van der Waals surface area (Å²) < 4.78 is 2.64. The number of benzene rings is 9. The van der Waals surface area contributed by atoms with Crippen LogP contribution in [0.5, 0.6) is 0 Å². The van der Waals surface area contributed by atoms with Crippen LogP contribution in [0.3, 0.4) is 0 Å². The predicted molar refractivity (Wildman–Crippen MR) is 233 cm³/mol. The highest BCUT2D eigenvalue weighted by molar-refractivity contribution is 7.26. The number of hydrogen-bond donors (Lipinski definition) is 0. The van der Waals surface area contributed by atoms with Gasteiger partial charge in [-0.15, -0.1) is 11.3 Å². The molecule has 10 rings (SSSR count). The van der Waals surface area contributed by atoms with Crippen molar-refractivity contribution < 1.29 is 0 Å². The molecule has 0 saturated carbocycles. The lowest BCUT2D eigenvalue weighted by Crippen LogP contribution is -2.09. The molecule has 0 fully saturated rings. The molecule has 0 saturated heterocycles. The van der Waals surface area contributed by atoms with Crippen LogP contribution in [0.25, 0.3) is 75.5 Å². The first-order valence-electron chi connectivity index (χ1n) is 18.4. The fourth-order valence-corrected chi connectivity index (χ4v) is 8.90. The zero-order valence-corrected chi connectivity index (χ0v) is 30.4. The highest BCUT2D eigenvalue weighted by Gasteiger charge is 2.17. The van der Waals surface area contributed by atoms with E-state index in [0.717, 1.165) is 17.1 Å². The molecule has 254 valence electrons. The SMILES string of the molecule is c1ccc(-c2ccc(N(c3ccc(-c4ccccc4)cc3)c3ccc(-c4cc(-c5ccc6ccccc6c5)c5sc6ccccc6c5c4)cc3)cc2)cc1. The number of anilines is 3. The van der Waals surface area contributed by atoms with Crippen LogP contribution in [0.2, 0.25) is 0 Å². The molecule has 0 spiro atoms. The van der Waals surface area contributed by atoms with Gasteiger partial charge in [-0.25, -0.2) is 0 Å². The molecule has 0 aliphatic carbocycles. The Morgan fingerprint density at radius 1 is 0.296 bits per heavy atom. The van der Waals surface area contributed by atoms with Crippen molar-refractivity contribution in [1.82, 2.24) is 0 Å². The van der Waals surface area contributed by atoms with E-state index in [4.69, 9.17) is 0 Å². The molecule has 1 heterocycles. The maximum atomic E-state index is 2.39. The zero-order valence-electron chi connectivity index (χ0n) is 29.6. The van der Waals surface area contributed by atoms with Gasteiger partial charge < -0.3 is 4.90 Å². The van der Waals surface area contributed by atoms with Crippen LogP contribution in [0.15, 0.2) is 212 Å². The average molecular weight is 706 g/mol. The number of fused-ring (bicyclic) bond motifs is 4. The van der Waals surface area contributed by atoms with Gasteiger partial charge in [-0.3, -0.25) is 0 Å². The van der Waals surface area contributed by atoms with Crippen molar-refractivity contribution in [2.24, 2.45) is 0 Å². The molecule has 0 amide bonds. The van der Waals surface area contributed by atoms with Crippen LogP contribution in [0.4, 0.5) is 17.1 Å². The van der Waals surface area contributed by atoms with Crippen LogP contribution in [-0.4, -0.2) is 0 Å². The van der Waals surface area contributed by atoms with E-state index in [1.54, 1.807) is 0 Å². The number of hydrogen-bond acceptors (Lipinski definition) is 2. The Morgan fingerprint density at radius 2 is 0.759 bits per heavy atom. The van der Waals surface area contributed by atoms with Crippen molar-refractivity contribution in [3.8, 4) is 44.5 Å². The lowest BCUT2D eigenvalue weighted by molar-refractivity contribution is 1.28. The molecule has 0 aliphatic rings. The van der Waals surface area contributed by atoms with Gasteiger partial charge in [0, 0.05) is 42.8 Å². The van der Waals surface area contributed by atoms with E-state index in [1.807, 2.05) is 11.3 Å². The maximum Gasteiger partial charge on any atom is 0.0462 e. The van der Waals surface area contributed by atoms with Gasteiger partial charge in [0.1, 0.15) is 0 Å². The molecule has 0 aliphatic heterocycles. The van der Waals surface area contributed by atoms with E-state index in [0.29, 0.717) is 0 Å². The van der Waals surface area contributed by atoms with Gasteiger partial charge in [0.05, 0.1) is 0 Å². The summed E-state index contributed by atoms with van der Waals surface area (Å²) in [5.41, 5.74) is 13.1. The molecule has 0 unspecified atom stereocenters. The highest BCUT2D eigenvalue weighted by atomic mass is 32.1. The standard InChI is InChI=1S/C52H35NS/c1-3-11-36(12-4-1)39-21-27-45(28-22-39)53(46-29-23-40(24-30-46)37-13-5-2-6-14-37)47-31-25-41(26-32-47)44-34-49(43-20-19-38-15-7-8-16-42(38)33-43)52-50(35-44)48-17-9-10-18-51(48)54-52/h1-35H. The van der Waals surface area contributed by atoms with Crippen LogP contribution >= 0.6 is 11.3 Å². The Hall–Kier alpha value is -6.74. The van der Waals surface area contributed by atoms with Gasteiger partial charge in [-0.05, 0) is 110 Å². The quantitative estimate of drug-likeness (QED) is 0.160. The molecule has 54 heavy (non-hydrogen) atoms. The van der Waals surface area contributed by atoms with E-state index >= 15 is 0 Å². The van der Waals surface area contributed by atoms with Gasteiger partial charge in [0.2, 0.25) is 0 Å². The maximum absolute atomic E-state index is 2.39. The summed E-state index contributed by atoms with van der Waals surface area (Å²) in [4.78, 5) is 2.35. The fraction of sp³-hybridized carbons (Fsp3) is 0. The first-order valence-corrected chi connectivity index (χ1v) is 19.2. The zero-order chi connectivity index (χ0) is 35.8. The van der Waals surface area contributed by atoms with E-state index < -0.39 is 0 Å². The second-order valence-corrected chi connectivity index (χ2v) is 14.8. The number of rotatable bonds is 7. The van der Waals surface area contributed by atoms with Gasteiger partial charge in [-0.1, -0.05) is 152 Å². The number of thiophene rings is 1. The monoisotopic (exact) mass is 705 g/mol. The number of nitrogens with zero attached hydrogens (tertiary/aromatic N) is 1. The molecular formula is C52H35NS. The first kappa shape index (κ1) is 32.0. The minimum Gasteiger partial charge on any atom is -0.311 e. The molecule has 2 heteroatoms. The third-order valence-electron chi connectivity index (χ3n) is 10.5. The molecule has 0 radical (unpaired) electrons. The summed E-state index contributed by atoms with van der Waals surface area (Å²) in [5.74, 6) is 0. The minimum atomic E-state index is 1.11. The second-order valence-electron chi connectivity index (χ2n) is 13.8. The van der Waals surface area contributed by atoms with E-state index in [9.17, 15) is 0 Å². The Bertz CT molecular complexity index is 2810. The summed E-state index contributed by atoms with van der Waals surface area (Å²) in [6.07, 6.45) is 0. The molecule has 0 atom stereocenters. The lowest BCUT2D eigenvalue weighted by atomic mass is 9.94. The Kier molecular flexibility index (Phi) is 8.09. The normalized spacial score (nSPS) is 11.3. The fourth-order valence-electron chi connectivity index (χ4n) is 7.68. The van der Waals surface area contributed by atoms with Crippen molar-refractivity contribution in [1.29, 1.82) is 0 Å².